The smallest absolute Gasteiger partial charge is 0.258 e. The number of hydrogen-bond acceptors (Lipinski definition) is 4. The van der Waals surface area contributed by atoms with Crippen LogP contribution in [0, 0.1) is 0 Å². The van der Waals surface area contributed by atoms with Gasteiger partial charge < -0.3 is 10.1 Å². The van der Waals surface area contributed by atoms with Gasteiger partial charge in [-0.05, 0) is 55.7 Å². The molecule has 0 saturated carbocycles. The lowest BCUT2D eigenvalue weighted by molar-refractivity contribution is -0.123. The van der Waals surface area contributed by atoms with Gasteiger partial charge in [-0.3, -0.25) is 4.79 Å². The van der Waals surface area contributed by atoms with Gasteiger partial charge in [0.05, 0.1) is 16.0 Å². The van der Waals surface area contributed by atoms with Crippen molar-refractivity contribution < 1.29 is 17.9 Å². The van der Waals surface area contributed by atoms with Crippen molar-refractivity contribution in [1.29, 1.82) is 0 Å². The molecule has 0 aromatic heterocycles. The lowest BCUT2D eigenvalue weighted by atomic mass is 10.1. The molecule has 1 unspecified atom stereocenters. The second-order valence-corrected chi connectivity index (χ2v) is 10.4. The Hall–Kier alpha value is -1.61. The molecule has 6 nitrogen and oxygen atoms in total. The van der Waals surface area contributed by atoms with Crippen molar-refractivity contribution in [2.45, 2.75) is 37.1 Å². The highest BCUT2D eigenvalue weighted by Gasteiger charge is 2.26. The Morgan fingerprint density at radius 3 is 2.47 bits per heavy atom. The summed E-state index contributed by atoms with van der Waals surface area (Å²) in [7, 11) is -3.57. The zero-order valence-electron chi connectivity index (χ0n) is 16.6. The summed E-state index contributed by atoms with van der Waals surface area (Å²) >= 11 is 9.61. The first-order valence-corrected chi connectivity index (χ1v) is 12.4. The molecule has 9 heteroatoms. The van der Waals surface area contributed by atoms with Crippen LogP contribution in [0.25, 0.3) is 0 Å². The van der Waals surface area contributed by atoms with Gasteiger partial charge in [-0.1, -0.05) is 46.1 Å². The van der Waals surface area contributed by atoms with Crippen molar-refractivity contribution in [3.63, 3.8) is 0 Å². The number of nitrogens with zero attached hydrogens (tertiary/aromatic N) is 1. The fourth-order valence-corrected chi connectivity index (χ4v) is 5.38. The molecule has 2 aromatic carbocycles. The highest BCUT2D eigenvalue weighted by Crippen LogP contribution is 2.29. The number of piperidine rings is 1. The average Bonchev–Trinajstić information content (AvgIpc) is 2.73. The summed E-state index contributed by atoms with van der Waals surface area (Å²) in [6.45, 7) is 2.71. The molecule has 2 aromatic rings. The number of amides is 1. The Kier molecular flexibility index (Phi) is 7.79. The summed E-state index contributed by atoms with van der Waals surface area (Å²) < 4.78 is 33.5. The maximum Gasteiger partial charge on any atom is 0.258 e. The van der Waals surface area contributed by atoms with E-state index in [0.29, 0.717) is 13.1 Å². The number of hydrogen-bond donors (Lipinski definition) is 1. The average molecular weight is 516 g/mol. The lowest BCUT2D eigenvalue weighted by Crippen LogP contribution is -2.35. The van der Waals surface area contributed by atoms with E-state index in [1.165, 1.54) is 22.5 Å². The molecule has 1 atom stereocenters. The molecule has 30 heavy (non-hydrogen) atoms. The number of nitrogens with one attached hydrogen (secondary N) is 1. The Bertz CT molecular complexity index is 993. The third-order valence-corrected chi connectivity index (χ3v) is 7.68. The van der Waals surface area contributed by atoms with Gasteiger partial charge in [0.2, 0.25) is 10.0 Å². The molecule has 3 rings (SSSR count). The SMILES string of the molecule is CC(NC(=O)COc1ccc(S(=O)(=O)N2CCCCC2)cc1Cl)c1ccc(Br)cc1. The number of carbonyl (C=O) groups is 1. The number of halogens is 2. The second kappa shape index (κ2) is 10.1. The van der Waals surface area contributed by atoms with Crippen molar-refractivity contribution in [3.8, 4) is 5.75 Å². The van der Waals surface area contributed by atoms with Crippen LogP contribution in [0.5, 0.6) is 5.75 Å². The minimum absolute atomic E-state index is 0.134. The number of rotatable bonds is 7. The van der Waals surface area contributed by atoms with E-state index in [1.54, 1.807) is 0 Å². The Morgan fingerprint density at radius 2 is 1.83 bits per heavy atom. The predicted octanol–water partition coefficient (Wildman–Crippen LogP) is 4.53. The summed E-state index contributed by atoms with van der Waals surface area (Å²) in [5, 5.41) is 3.01. The summed E-state index contributed by atoms with van der Waals surface area (Å²) in [4.78, 5) is 12.4. The summed E-state index contributed by atoms with van der Waals surface area (Å²) in [6, 6.07) is 11.8. The van der Waals surface area contributed by atoms with E-state index >= 15 is 0 Å². The highest BCUT2D eigenvalue weighted by atomic mass is 79.9. The first-order chi connectivity index (χ1) is 14.3. The molecule has 1 N–H and O–H groups in total. The molecule has 0 spiro atoms. The van der Waals surface area contributed by atoms with Crippen molar-refractivity contribution in [1.82, 2.24) is 9.62 Å². The third kappa shape index (κ3) is 5.75. The van der Waals surface area contributed by atoms with Crippen LogP contribution in [0.3, 0.4) is 0 Å². The summed E-state index contributed by atoms with van der Waals surface area (Å²) in [6.07, 6.45) is 2.77. The number of ether oxygens (including phenoxy) is 1. The maximum absolute atomic E-state index is 12.8. The zero-order valence-corrected chi connectivity index (χ0v) is 19.8. The molecule has 1 saturated heterocycles. The van der Waals surface area contributed by atoms with Crippen LogP contribution in [0.2, 0.25) is 5.02 Å². The molecule has 1 aliphatic rings. The number of sulfonamides is 1. The van der Waals surface area contributed by atoms with E-state index in [0.717, 1.165) is 29.3 Å². The van der Waals surface area contributed by atoms with E-state index < -0.39 is 10.0 Å². The molecular formula is C21H24BrClN2O4S. The first-order valence-electron chi connectivity index (χ1n) is 9.75. The lowest BCUT2D eigenvalue weighted by Gasteiger charge is -2.26. The first kappa shape index (κ1) is 23.1. The molecule has 0 radical (unpaired) electrons. The van der Waals surface area contributed by atoms with Crippen molar-refractivity contribution in [2.24, 2.45) is 0 Å². The predicted molar refractivity (Wildman–Crippen MR) is 120 cm³/mol. The standard InChI is InChI=1S/C21H24BrClN2O4S/c1-15(16-5-7-17(22)8-6-16)24-21(26)14-29-20-10-9-18(13-19(20)23)30(27,28)25-11-3-2-4-12-25/h5-10,13,15H,2-4,11-12,14H2,1H3,(H,24,26). The van der Waals surface area contributed by atoms with Crippen LogP contribution in [0.15, 0.2) is 51.8 Å². The van der Waals surface area contributed by atoms with Crippen LogP contribution < -0.4 is 10.1 Å². The Labute approximate surface area is 190 Å². The van der Waals surface area contributed by atoms with Crippen molar-refractivity contribution in [3.05, 3.63) is 57.5 Å². The fraction of sp³-hybridized carbons (Fsp3) is 0.381. The molecule has 1 fully saturated rings. The Balaban J connectivity index is 1.59. The van der Waals surface area contributed by atoms with Gasteiger partial charge in [0.15, 0.2) is 6.61 Å². The summed E-state index contributed by atoms with van der Waals surface area (Å²) in [5.74, 6) is -0.0350. The number of benzene rings is 2. The van der Waals surface area contributed by atoms with E-state index in [-0.39, 0.29) is 34.2 Å². The van der Waals surface area contributed by atoms with E-state index in [1.807, 2.05) is 31.2 Å². The molecule has 0 aliphatic carbocycles. The third-order valence-electron chi connectivity index (χ3n) is 4.96. The summed E-state index contributed by atoms with van der Waals surface area (Å²) in [5.41, 5.74) is 0.969. The van der Waals surface area contributed by atoms with Gasteiger partial charge in [-0.25, -0.2) is 8.42 Å². The Morgan fingerprint density at radius 1 is 1.17 bits per heavy atom. The second-order valence-electron chi connectivity index (χ2n) is 7.19. The zero-order chi connectivity index (χ0) is 21.7. The minimum atomic E-state index is -3.57. The van der Waals surface area contributed by atoms with Gasteiger partial charge in [0.1, 0.15) is 5.75 Å². The molecule has 1 aliphatic heterocycles. The normalized spacial score (nSPS) is 16.1. The maximum atomic E-state index is 12.8. The minimum Gasteiger partial charge on any atom is -0.482 e. The molecule has 162 valence electrons. The molecule has 1 amide bonds. The van der Waals surface area contributed by atoms with Crippen LogP contribution in [0.1, 0.15) is 37.8 Å². The van der Waals surface area contributed by atoms with E-state index in [9.17, 15) is 13.2 Å². The highest BCUT2D eigenvalue weighted by molar-refractivity contribution is 9.10. The van der Waals surface area contributed by atoms with Crippen LogP contribution in [0.4, 0.5) is 0 Å². The fourth-order valence-electron chi connectivity index (χ4n) is 3.27. The van der Waals surface area contributed by atoms with Gasteiger partial charge in [-0.2, -0.15) is 4.31 Å². The number of carbonyl (C=O) groups excluding carboxylic acids is 1. The quantitative estimate of drug-likeness (QED) is 0.588. The van der Waals surface area contributed by atoms with Crippen LogP contribution >= 0.6 is 27.5 Å². The van der Waals surface area contributed by atoms with E-state index in [4.69, 9.17) is 16.3 Å². The van der Waals surface area contributed by atoms with Crippen LogP contribution in [-0.4, -0.2) is 38.3 Å². The van der Waals surface area contributed by atoms with Gasteiger partial charge in [-0.15, -0.1) is 0 Å². The molecule has 1 heterocycles. The topological polar surface area (TPSA) is 75.7 Å². The largest absolute Gasteiger partial charge is 0.482 e. The van der Waals surface area contributed by atoms with Crippen LogP contribution in [-0.2, 0) is 14.8 Å². The molecule has 0 bridgehead atoms. The monoisotopic (exact) mass is 514 g/mol. The van der Waals surface area contributed by atoms with Crippen molar-refractivity contribution in [2.75, 3.05) is 19.7 Å². The van der Waals surface area contributed by atoms with Crippen molar-refractivity contribution >= 4 is 43.5 Å². The van der Waals surface area contributed by atoms with Gasteiger partial charge in [0, 0.05) is 17.6 Å². The molecular weight excluding hydrogens is 492 g/mol. The van der Waals surface area contributed by atoms with Gasteiger partial charge >= 0.3 is 0 Å². The van der Waals surface area contributed by atoms with E-state index in [2.05, 4.69) is 21.2 Å². The van der Waals surface area contributed by atoms with Gasteiger partial charge in [0.25, 0.3) is 5.91 Å².